The molecule has 2 aromatic rings. The topological polar surface area (TPSA) is 102 Å². The minimum absolute atomic E-state index is 0.0286. The number of hydrogen-bond donors (Lipinski definition) is 2. The standard InChI is InChI=1S/C21H25F3N4O5S/c1-25-19(29)14-11-34-18-15(21(22,23)24)8-16(27-17(14)18)28-4-2-12(3-5-28)33-20(30)26-9-13-10-31-6-7-32-13/h8,11-13H,2-7,9-10H2,1H3,(H,25,29)(H,26,30). The number of amides is 2. The van der Waals surface area contributed by atoms with Gasteiger partial charge in [0.15, 0.2) is 0 Å². The molecule has 2 saturated heterocycles. The zero-order valence-electron chi connectivity index (χ0n) is 18.4. The molecule has 4 heterocycles. The molecule has 1 atom stereocenters. The average Bonchev–Trinajstić information content (AvgIpc) is 3.26. The molecule has 2 fully saturated rings. The maximum absolute atomic E-state index is 13.7. The highest BCUT2D eigenvalue weighted by atomic mass is 32.1. The van der Waals surface area contributed by atoms with Gasteiger partial charge in [0.05, 0.1) is 47.3 Å². The molecule has 2 aliphatic rings. The summed E-state index contributed by atoms with van der Waals surface area (Å²) in [6, 6.07) is 1.02. The first-order valence-electron chi connectivity index (χ1n) is 10.9. The van der Waals surface area contributed by atoms with E-state index in [4.69, 9.17) is 14.2 Å². The van der Waals surface area contributed by atoms with Crippen LogP contribution in [-0.2, 0) is 20.4 Å². The fourth-order valence-electron chi connectivity index (χ4n) is 3.91. The Morgan fingerprint density at radius 1 is 1.29 bits per heavy atom. The molecule has 1 unspecified atom stereocenters. The number of rotatable bonds is 5. The molecule has 2 N–H and O–H groups in total. The molecule has 0 saturated carbocycles. The molecular weight excluding hydrogens is 477 g/mol. The van der Waals surface area contributed by atoms with Crippen LogP contribution in [0.5, 0.6) is 0 Å². The lowest BCUT2D eigenvalue weighted by Gasteiger charge is -2.33. The smallest absolute Gasteiger partial charge is 0.417 e. The summed E-state index contributed by atoms with van der Waals surface area (Å²) in [5.41, 5.74) is -0.683. The van der Waals surface area contributed by atoms with E-state index in [0.717, 1.165) is 17.4 Å². The molecule has 2 amide bonds. The monoisotopic (exact) mass is 502 g/mol. The van der Waals surface area contributed by atoms with Crippen LogP contribution in [0.1, 0.15) is 28.8 Å². The number of halogens is 3. The second-order valence-electron chi connectivity index (χ2n) is 7.97. The second-order valence-corrected chi connectivity index (χ2v) is 8.85. The molecule has 0 bridgehead atoms. The zero-order valence-corrected chi connectivity index (χ0v) is 19.3. The first-order valence-corrected chi connectivity index (χ1v) is 11.7. The molecule has 186 valence electrons. The van der Waals surface area contributed by atoms with Crippen LogP contribution in [0.4, 0.5) is 23.8 Å². The number of carbonyl (C=O) groups is 2. The lowest BCUT2D eigenvalue weighted by molar-refractivity contribution is -0.136. The van der Waals surface area contributed by atoms with E-state index in [2.05, 4.69) is 15.6 Å². The number of aromatic nitrogens is 1. The first-order chi connectivity index (χ1) is 16.3. The Balaban J connectivity index is 1.41. The predicted octanol–water partition coefficient (Wildman–Crippen LogP) is 2.79. The average molecular weight is 503 g/mol. The molecular formula is C21H25F3N4O5S. The van der Waals surface area contributed by atoms with Gasteiger partial charge in [0, 0.05) is 44.9 Å². The van der Waals surface area contributed by atoms with Crippen molar-refractivity contribution in [3.05, 3.63) is 22.6 Å². The maximum Gasteiger partial charge on any atom is 0.417 e. The van der Waals surface area contributed by atoms with Gasteiger partial charge in [-0.1, -0.05) is 0 Å². The van der Waals surface area contributed by atoms with Crippen molar-refractivity contribution in [1.82, 2.24) is 15.6 Å². The highest BCUT2D eigenvalue weighted by Gasteiger charge is 2.36. The van der Waals surface area contributed by atoms with E-state index < -0.39 is 23.7 Å². The molecule has 0 aromatic carbocycles. The Morgan fingerprint density at radius 2 is 2.06 bits per heavy atom. The quantitative estimate of drug-likeness (QED) is 0.648. The first kappa shape index (κ1) is 24.5. The maximum atomic E-state index is 13.7. The number of nitrogens with one attached hydrogen (secondary N) is 2. The van der Waals surface area contributed by atoms with Crippen molar-refractivity contribution in [2.45, 2.75) is 31.2 Å². The fraction of sp³-hybridized carbons (Fsp3) is 0.571. The van der Waals surface area contributed by atoms with Gasteiger partial charge in [0.2, 0.25) is 0 Å². The largest absolute Gasteiger partial charge is 0.446 e. The van der Waals surface area contributed by atoms with Crippen molar-refractivity contribution < 1.29 is 37.0 Å². The lowest BCUT2D eigenvalue weighted by Crippen LogP contribution is -2.43. The van der Waals surface area contributed by atoms with Crippen LogP contribution < -0.4 is 15.5 Å². The van der Waals surface area contributed by atoms with Crippen molar-refractivity contribution in [2.75, 3.05) is 51.4 Å². The molecule has 9 nitrogen and oxygen atoms in total. The van der Waals surface area contributed by atoms with E-state index in [0.29, 0.717) is 45.8 Å². The van der Waals surface area contributed by atoms with Crippen LogP contribution in [0.3, 0.4) is 0 Å². The number of fused-ring (bicyclic) bond motifs is 1. The number of nitrogens with zero attached hydrogens (tertiary/aromatic N) is 2. The van der Waals surface area contributed by atoms with Gasteiger partial charge >= 0.3 is 12.3 Å². The summed E-state index contributed by atoms with van der Waals surface area (Å²) in [6.45, 7) is 2.40. The number of thiophene rings is 1. The number of pyridine rings is 1. The summed E-state index contributed by atoms with van der Waals surface area (Å²) in [5, 5.41) is 6.48. The van der Waals surface area contributed by atoms with Gasteiger partial charge in [0.25, 0.3) is 5.91 Å². The van der Waals surface area contributed by atoms with Gasteiger partial charge in [-0.15, -0.1) is 11.3 Å². The number of piperidine rings is 1. The van der Waals surface area contributed by atoms with Crippen LogP contribution in [0.2, 0.25) is 0 Å². The minimum Gasteiger partial charge on any atom is -0.446 e. The predicted molar refractivity (Wildman–Crippen MR) is 118 cm³/mol. The molecule has 0 spiro atoms. The molecule has 0 aliphatic carbocycles. The van der Waals surface area contributed by atoms with Crippen LogP contribution in [0.15, 0.2) is 11.4 Å². The Labute approximate surface area is 197 Å². The highest BCUT2D eigenvalue weighted by Crippen LogP contribution is 2.40. The van der Waals surface area contributed by atoms with E-state index in [1.54, 1.807) is 4.90 Å². The van der Waals surface area contributed by atoms with Crippen molar-refractivity contribution in [2.24, 2.45) is 0 Å². The third-order valence-electron chi connectivity index (χ3n) is 5.69. The van der Waals surface area contributed by atoms with Crippen molar-refractivity contribution in [1.29, 1.82) is 0 Å². The number of alkyl carbamates (subject to hydrolysis) is 1. The SMILES string of the molecule is CNC(=O)c1csc2c(C(F)(F)F)cc(N3CCC(OC(=O)NCC4COCCO4)CC3)nc12. The second kappa shape index (κ2) is 10.3. The molecule has 2 aliphatic heterocycles. The summed E-state index contributed by atoms with van der Waals surface area (Å²) in [5.74, 6) is -0.354. The van der Waals surface area contributed by atoms with Crippen LogP contribution in [0, 0.1) is 0 Å². The van der Waals surface area contributed by atoms with Crippen molar-refractivity contribution in [3.63, 3.8) is 0 Å². The van der Waals surface area contributed by atoms with Gasteiger partial charge in [-0.2, -0.15) is 13.2 Å². The molecule has 4 rings (SSSR count). The van der Waals surface area contributed by atoms with Crippen LogP contribution >= 0.6 is 11.3 Å². The number of hydrogen-bond acceptors (Lipinski definition) is 8. The summed E-state index contributed by atoms with van der Waals surface area (Å²) >= 11 is 0.845. The number of ether oxygens (including phenoxy) is 3. The highest BCUT2D eigenvalue weighted by molar-refractivity contribution is 7.17. The van der Waals surface area contributed by atoms with Gasteiger partial charge < -0.3 is 29.7 Å². The Hall–Kier alpha value is -2.64. The Kier molecular flexibility index (Phi) is 7.43. The molecule has 13 heteroatoms. The van der Waals surface area contributed by atoms with Gasteiger partial charge in [0.1, 0.15) is 11.9 Å². The summed E-state index contributed by atoms with van der Waals surface area (Å²) in [4.78, 5) is 30.3. The van der Waals surface area contributed by atoms with Gasteiger partial charge in [-0.25, -0.2) is 9.78 Å². The number of anilines is 1. The molecule has 2 aromatic heterocycles. The van der Waals surface area contributed by atoms with E-state index in [1.165, 1.54) is 12.4 Å². The third kappa shape index (κ3) is 5.53. The summed E-state index contributed by atoms with van der Waals surface area (Å²) in [6.07, 6.45) is -4.88. The third-order valence-corrected chi connectivity index (χ3v) is 6.69. The van der Waals surface area contributed by atoms with Crippen LogP contribution in [-0.4, -0.2) is 75.7 Å². The van der Waals surface area contributed by atoms with Gasteiger partial charge in [-0.3, -0.25) is 4.79 Å². The minimum atomic E-state index is -4.59. The lowest BCUT2D eigenvalue weighted by atomic mass is 10.1. The van der Waals surface area contributed by atoms with E-state index in [1.807, 2.05) is 0 Å². The summed E-state index contributed by atoms with van der Waals surface area (Å²) < 4.78 is 57.3. The number of alkyl halides is 3. The van der Waals surface area contributed by atoms with Gasteiger partial charge in [-0.05, 0) is 6.07 Å². The Bertz CT molecular complexity index is 1030. The Morgan fingerprint density at radius 3 is 2.71 bits per heavy atom. The van der Waals surface area contributed by atoms with E-state index >= 15 is 0 Å². The number of carbonyl (C=O) groups excluding carboxylic acids is 2. The molecule has 34 heavy (non-hydrogen) atoms. The fourth-order valence-corrected chi connectivity index (χ4v) is 4.93. The van der Waals surface area contributed by atoms with Crippen LogP contribution in [0.25, 0.3) is 10.2 Å². The van der Waals surface area contributed by atoms with E-state index in [9.17, 15) is 22.8 Å². The van der Waals surface area contributed by atoms with Crippen molar-refractivity contribution in [3.8, 4) is 0 Å². The summed E-state index contributed by atoms with van der Waals surface area (Å²) in [7, 11) is 1.41. The zero-order chi connectivity index (χ0) is 24.3. The van der Waals surface area contributed by atoms with E-state index in [-0.39, 0.29) is 40.4 Å². The normalized spacial score (nSPS) is 19.8. The van der Waals surface area contributed by atoms with Crippen molar-refractivity contribution >= 4 is 39.4 Å². The molecule has 0 radical (unpaired) electrons.